The fraction of sp³-hybridized carbons (Fsp3) is 0.737. The molecule has 158 valence electrons. The maximum atomic E-state index is 12.3. The lowest BCUT2D eigenvalue weighted by Gasteiger charge is -2.28. The van der Waals surface area contributed by atoms with Crippen LogP contribution in [0.2, 0.25) is 0 Å². The van der Waals surface area contributed by atoms with Crippen LogP contribution in [0, 0.1) is 17.8 Å². The van der Waals surface area contributed by atoms with Gasteiger partial charge in [-0.2, -0.15) is 0 Å². The summed E-state index contributed by atoms with van der Waals surface area (Å²) in [4.78, 5) is 52.8. The number of amides is 1. The van der Waals surface area contributed by atoms with E-state index < -0.39 is 13.7 Å². The molecular weight excluding hydrogens is 385 g/mol. The highest BCUT2D eigenvalue weighted by atomic mass is 31.2. The summed E-state index contributed by atoms with van der Waals surface area (Å²) in [6, 6.07) is 0. The van der Waals surface area contributed by atoms with E-state index in [0.29, 0.717) is 25.3 Å². The Balaban J connectivity index is 1.52. The van der Waals surface area contributed by atoms with E-state index in [9.17, 15) is 18.9 Å². The molecule has 0 spiro atoms. The molecule has 2 rings (SSSR count). The standard InChI is InChI=1S/C19H30NO7P/c21-17-9-10-18(22)16(17)13-14-5-7-15(8-6-14)19(23)20-11-3-1-2-4-12-27-28(24,25)26/h9-10,14-16H,1-8,11-13H2,(H,20,23)(H2,24,25,26). The Morgan fingerprint density at radius 1 is 1.04 bits per heavy atom. The van der Waals surface area contributed by atoms with Crippen molar-refractivity contribution in [3.63, 3.8) is 0 Å². The van der Waals surface area contributed by atoms with Gasteiger partial charge in [-0.05, 0) is 63.0 Å². The van der Waals surface area contributed by atoms with E-state index in [1.807, 2.05) is 0 Å². The van der Waals surface area contributed by atoms with Crippen molar-refractivity contribution in [2.24, 2.45) is 17.8 Å². The molecule has 2 aliphatic carbocycles. The van der Waals surface area contributed by atoms with Crippen LogP contribution in [-0.2, 0) is 23.5 Å². The molecule has 0 atom stereocenters. The van der Waals surface area contributed by atoms with Gasteiger partial charge < -0.3 is 15.1 Å². The van der Waals surface area contributed by atoms with Crippen molar-refractivity contribution >= 4 is 25.3 Å². The summed E-state index contributed by atoms with van der Waals surface area (Å²) in [6.07, 6.45) is 9.70. The summed E-state index contributed by atoms with van der Waals surface area (Å²) in [7, 11) is -4.37. The highest BCUT2D eigenvalue weighted by Crippen LogP contribution is 2.36. The molecule has 1 fully saturated rings. The van der Waals surface area contributed by atoms with Crippen LogP contribution in [0.25, 0.3) is 0 Å². The van der Waals surface area contributed by atoms with Gasteiger partial charge in [0.2, 0.25) is 5.91 Å². The molecule has 0 aromatic carbocycles. The molecule has 0 saturated heterocycles. The first kappa shape index (κ1) is 22.9. The lowest BCUT2D eigenvalue weighted by Crippen LogP contribution is -2.34. The van der Waals surface area contributed by atoms with Gasteiger partial charge in [-0.15, -0.1) is 0 Å². The second-order valence-corrected chi connectivity index (χ2v) is 8.91. The quantitative estimate of drug-likeness (QED) is 0.268. The Labute approximate surface area is 165 Å². The monoisotopic (exact) mass is 415 g/mol. The molecule has 0 heterocycles. The van der Waals surface area contributed by atoms with Gasteiger partial charge in [0.25, 0.3) is 0 Å². The number of carbonyl (C=O) groups excluding carboxylic acids is 3. The Hall–Kier alpha value is -1.34. The van der Waals surface area contributed by atoms with Crippen molar-refractivity contribution in [1.82, 2.24) is 5.32 Å². The third kappa shape index (κ3) is 7.95. The number of nitrogens with one attached hydrogen (secondary N) is 1. The normalized spacial score (nSPS) is 23.4. The summed E-state index contributed by atoms with van der Waals surface area (Å²) >= 11 is 0. The molecule has 1 amide bonds. The minimum Gasteiger partial charge on any atom is -0.356 e. The number of phosphoric ester groups is 1. The second kappa shape index (κ2) is 11.0. The number of hydrogen-bond donors (Lipinski definition) is 3. The maximum Gasteiger partial charge on any atom is 0.469 e. The highest BCUT2D eigenvalue weighted by Gasteiger charge is 2.33. The van der Waals surface area contributed by atoms with Crippen molar-refractivity contribution in [1.29, 1.82) is 0 Å². The van der Waals surface area contributed by atoms with Crippen LogP contribution in [0.4, 0.5) is 0 Å². The van der Waals surface area contributed by atoms with Crippen LogP contribution in [0.3, 0.4) is 0 Å². The van der Waals surface area contributed by atoms with E-state index >= 15 is 0 Å². The number of carbonyl (C=O) groups is 3. The predicted octanol–water partition coefficient (Wildman–Crippen LogP) is 2.29. The first-order valence-corrected chi connectivity index (χ1v) is 11.5. The lowest BCUT2D eigenvalue weighted by molar-refractivity contribution is -0.128. The van der Waals surface area contributed by atoms with Gasteiger partial charge in [0.15, 0.2) is 11.6 Å². The number of rotatable bonds is 11. The van der Waals surface area contributed by atoms with Gasteiger partial charge in [0.05, 0.1) is 12.5 Å². The largest absolute Gasteiger partial charge is 0.469 e. The fourth-order valence-electron chi connectivity index (χ4n) is 3.88. The summed E-state index contributed by atoms with van der Waals surface area (Å²) < 4.78 is 14.9. The van der Waals surface area contributed by atoms with Crippen LogP contribution in [-0.4, -0.2) is 40.4 Å². The zero-order valence-corrected chi connectivity index (χ0v) is 16.9. The Kier molecular flexibility index (Phi) is 9.02. The Bertz CT molecular complexity index is 616. The van der Waals surface area contributed by atoms with E-state index in [1.165, 1.54) is 12.2 Å². The van der Waals surface area contributed by atoms with Crippen molar-refractivity contribution in [2.45, 2.75) is 57.8 Å². The van der Waals surface area contributed by atoms with E-state index in [2.05, 4.69) is 9.84 Å². The van der Waals surface area contributed by atoms with Crippen LogP contribution in [0.1, 0.15) is 57.8 Å². The molecule has 8 nitrogen and oxygen atoms in total. The second-order valence-electron chi connectivity index (χ2n) is 7.67. The molecule has 0 unspecified atom stereocenters. The van der Waals surface area contributed by atoms with Gasteiger partial charge in [-0.1, -0.05) is 12.8 Å². The predicted molar refractivity (Wildman–Crippen MR) is 102 cm³/mol. The number of unbranched alkanes of at least 4 members (excludes halogenated alkanes) is 3. The van der Waals surface area contributed by atoms with Gasteiger partial charge >= 0.3 is 7.82 Å². The van der Waals surface area contributed by atoms with Crippen molar-refractivity contribution in [2.75, 3.05) is 13.2 Å². The Morgan fingerprint density at radius 2 is 1.64 bits per heavy atom. The Morgan fingerprint density at radius 3 is 2.25 bits per heavy atom. The summed E-state index contributed by atoms with van der Waals surface area (Å²) in [5.74, 6) is -0.269. The van der Waals surface area contributed by atoms with Crippen molar-refractivity contribution in [3.8, 4) is 0 Å². The molecule has 2 aliphatic rings. The van der Waals surface area contributed by atoms with Gasteiger partial charge in [-0.3, -0.25) is 18.9 Å². The summed E-state index contributed by atoms with van der Waals surface area (Å²) in [5, 5.41) is 2.96. The molecule has 3 N–H and O–H groups in total. The molecule has 1 saturated carbocycles. The molecule has 0 aromatic rings. The number of hydrogen-bond acceptors (Lipinski definition) is 5. The zero-order valence-electron chi connectivity index (χ0n) is 16.0. The average molecular weight is 415 g/mol. The van der Waals surface area contributed by atoms with Crippen LogP contribution < -0.4 is 5.32 Å². The molecule has 9 heteroatoms. The maximum absolute atomic E-state index is 12.3. The number of phosphoric acid groups is 1. The smallest absolute Gasteiger partial charge is 0.356 e. The SMILES string of the molecule is O=C(NCCCCCCOP(=O)(O)O)C1CCC(CC2C(=O)C=CC2=O)CC1. The average Bonchev–Trinajstić information content (AvgIpc) is 2.95. The zero-order chi connectivity index (χ0) is 20.6. The number of allylic oxidation sites excluding steroid dienone is 2. The molecule has 0 aromatic heterocycles. The number of ketones is 2. The van der Waals surface area contributed by atoms with E-state index in [0.717, 1.165) is 44.9 Å². The van der Waals surface area contributed by atoms with Crippen molar-refractivity contribution in [3.05, 3.63) is 12.2 Å². The molecule has 0 bridgehead atoms. The van der Waals surface area contributed by atoms with E-state index in [-0.39, 0.29) is 30.0 Å². The highest BCUT2D eigenvalue weighted by molar-refractivity contribution is 7.46. The van der Waals surface area contributed by atoms with Gasteiger partial charge in [-0.25, -0.2) is 4.57 Å². The minimum absolute atomic E-state index is 0.000934. The summed E-state index contributed by atoms with van der Waals surface area (Å²) in [6.45, 7) is 0.628. The van der Waals surface area contributed by atoms with Crippen LogP contribution in [0.15, 0.2) is 12.2 Å². The minimum atomic E-state index is -4.37. The van der Waals surface area contributed by atoms with Crippen LogP contribution >= 0.6 is 7.82 Å². The summed E-state index contributed by atoms with van der Waals surface area (Å²) in [5.41, 5.74) is 0. The van der Waals surface area contributed by atoms with E-state index in [4.69, 9.17) is 9.79 Å². The lowest BCUT2D eigenvalue weighted by atomic mass is 9.77. The molecule has 0 aliphatic heterocycles. The first-order valence-electron chi connectivity index (χ1n) is 10.00. The fourth-order valence-corrected chi connectivity index (χ4v) is 4.25. The molecular formula is C19H30NO7P. The molecule has 0 radical (unpaired) electrons. The third-order valence-electron chi connectivity index (χ3n) is 5.52. The van der Waals surface area contributed by atoms with Gasteiger partial charge in [0, 0.05) is 12.5 Å². The molecule has 28 heavy (non-hydrogen) atoms. The third-order valence-corrected chi connectivity index (χ3v) is 6.03. The van der Waals surface area contributed by atoms with Crippen molar-refractivity contribution < 1.29 is 33.3 Å². The van der Waals surface area contributed by atoms with Gasteiger partial charge in [0.1, 0.15) is 0 Å². The van der Waals surface area contributed by atoms with E-state index in [1.54, 1.807) is 0 Å². The van der Waals surface area contributed by atoms with Crippen LogP contribution in [0.5, 0.6) is 0 Å². The topological polar surface area (TPSA) is 130 Å². The first-order chi connectivity index (χ1) is 13.3.